The van der Waals surface area contributed by atoms with Crippen molar-refractivity contribution in [2.24, 2.45) is 0 Å². The van der Waals surface area contributed by atoms with E-state index in [0.717, 1.165) is 25.9 Å². The number of nitrogens with zero attached hydrogens (tertiary/aromatic N) is 1. The van der Waals surface area contributed by atoms with Crippen LogP contribution in [0.15, 0.2) is 0 Å². The van der Waals surface area contributed by atoms with Crippen molar-refractivity contribution in [1.29, 1.82) is 0 Å². The average Bonchev–Trinajstić information content (AvgIpc) is 3.17. The summed E-state index contributed by atoms with van der Waals surface area (Å²) in [4.78, 5) is 14.9. The molecule has 20 heavy (non-hydrogen) atoms. The molecule has 1 amide bonds. The Bertz CT molecular complexity index is 307. The van der Waals surface area contributed by atoms with Crippen LogP contribution >= 0.6 is 0 Å². The van der Waals surface area contributed by atoms with Crippen molar-refractivity contribution in [2.75, 3.05) is 13.1 Å². The summed E-state index contributed by atoms with van der Waals surface area (Å²) in [5.74, 6) is 0.212. The maximum atomic E-state index is 12.4. The maximum Gasteiger partial charge on any atom is 0.237 e. The fourth-order valence-corrected chi connectivity index (χ4v) is 3.16. The van der Waals surface area contributed by atoms with Gasteiger partial charge in [-0.05, 0) is 52.0 Å². The third-order valence-corrected chi connectivity index (χ3v) is 4.82. The molecule has 0 aromatic rings. The molecule has 0 radical (unpaired) electrons. The van der Waals surface area contributed by atoms with Crippen LogP contribution in [-0.2, 0) is 4.79 Å². The first-order valence-corrected chi connectivity index (χ1v) is 8.45. The second-order valence-electron chi connectivity index (χ2n) is 6.42. The molecule has 2 fully saturated rings. The fraction of sp³-hybridized carbons (Fsp3) is 0.938. The van der Waals surface area contributed by atoms with Crippen LogP contribution in [0.4, 0.5) is 0 Å². The lowest BCUT2D eigenvalue weighted by Crippen LogP contribution is -2.51. The van der Waals surface area contributed by atoms with Crippen LogP contribution < -0.4 is 10.6 Å². The van der Waals surface area contributed by atoms with Gasteiger partial charge in [-0.15, -0.1) is 0 Å². The normalized spacial score (nSPS) is 24.4. The van der Waals surface area contributed by atoms with Gasteiger partial charge < -0.3 is 10.6 Å². The fourth-order valence-electron chi connectivity index (χ4n) is 3.16. The van der Waals surface area contributed by atoms with Gasteiger partial charge in [0.15, 0.2) is 0 Å². The van der Waals surface area contributed by atoms with Gasteiger partial charge in [0.2, 0.25) is 5.91 Å². The van der Waals surface area contributed by atoms with E-state index < -0.39 is 0 Å². The Hall–Kier alpha value is -0.610. The molecule has 2 rings (SSSR count). The summed E-state index contributed by atoms with van der Waals surface area (Å²) < 4.78 is 0. The molecule has 1 saturated carbocycles. The quantitative estimate of drug-likeness (QED) is 0.714. The van der Waals surface area contributed by atoms with E-state index in [1.54, 1.807) is 0 Å². The molecule has 1 heterocycles. The van der Waals surface area contributed by atoms with Gasteiger partial charge in [-0.2, -0.15) is 0 Å². The molecular formula is C16H31N3O. The highest BCUT2D eigenvalue weighted by Crippen LogP contribution is 2.29. The van der Waals surface area contributed by atoms with Crippen LogP contribution in [0.3, 0.4) is 0 Å². The Morgan fingerprint density at radius 2 is 2.00 bits per heavy atom. The van der Waals surface area contributed by atoms with Gasteiger partial charge in [-0.3, -0.25) is 9.69 Å². The minimum absolute atomic E-state index is 0.00509. The van der Waals surface area contributed by atoms with E-state index in [9.17, 15) is 4.79 Å². The van der Waals surface area contributed by atoms with Gasteiger partial charge in [-0.25, -0.2) is 0 Å². The molecule has 116 valence electrons. The third kappa shape index (κ3) is 4.19. The monoisotopic (exact) mass is 281 g/mol. The second-order valence-corrected chi connectivity index (χ2v) is 6.42. The van der Waals surface area contributed by atoms with Gasteiger partial charge >= 0.3 is 0 Å². The van der Waals surface area contributed by atoms with Crippen molar-refractivity contribution in [3.8, 4) is 0 Å². The van der Waals surface area contributed by atoms with Crippen LogP contribution in [0.2, 0.25) is 0 Å². The Kier molecular flexibility index (Phi) is 5.85. The SMILES string of the molecule is CCC(CC)NC(=O)C(C)N(CC1CCCN1)C1CC1. The van der Waals surface area contributed by atoms with Crippen molar-refractivity contribution in [1.82, 2.24) is 15.5 Å². The summed E-state index contributed by atoms with van der Waals surface area (Å²) >= 11 is 0. The first kappa shape index (κ1) is 15.8. The Labute approximate surface area is 123 Å². The van der Waals surface area contributed by atoms with Crippen molar-refractivity contribution in [2.45, 2.75) is 83.5 Å². The number of amides is 1. The van der Waals surface area contributed by atoms with Crippen LogP contribution in [0.25, 0.3) is 0 Å². The molecular weight excluding hydrogens is 250 g/mol. The molecule has 0 aromatic carbocycles. The van der Waals surface area contributed by atoms with E-state index in [4.69, 9.17) is 0 Å². The lowest BCUT2D eigenvalue weighted by atomic mass is 10.1. The summed E-state index contributed by atoms with van der Waals surface area (Å²) in [5, 5.41) is 6.76. The van der Waals surface area contributed by atoms with Gasteiger partial charge in [-0.1, -0.05) is 13.8 Å². The predicted molar refractivity (Wildman–Crippen MR) is 82.7 cm³/mol. The van der Waals surface area contributed by atoms with Crippen LogP contribution in [0, 0.1) is 0 Å². The summed E-state index contributed by atoms with van der Waals surface area (Å²) in [6.45, 7) is 8.52. The number of nitrogens with one attached hydrogen (secondary N) is 2. The molecule has 2 N–H and O–H groups in total. The van der Waals surface area contributed by atoms with Gasteiger partial charge in [0, 0.05) is 24.7 Å². The summed E-state index contributed by atoms with van der Waals surface area (Å²) in [7, 11) is 0. The van der Waals surface area contributed by atoms with Crippen LogP contribution in [-0.4, -0.2) is 48.1 Å². The number of carbonyl (C=O) groups is 1. The Balaban J connectivity index is 1.88. The van der Waals surface area contributed by atoms with E-state index in [2.05, 4.69) is 36.3 Å². The number of hydrogen-bond acceptors (Lipinski definition) is 3. The van der Waals surface area contributed by atoms with Gasteiger partial charge in [0.1, 0.15) is 0 Å². The van der Waals surface area contributed by atoms with Gasteiger partial charge in [0.05, 0.1) is 6.04 Å². The zero-order chi connectivity index (χ0) is 14.5. The second kappa shape index (κ2) is 7.41. The summed E-state index contributed by atoms with van der Waals surface area (Å²) in [5.41, 5.74) is 0. The van der Waals surface area contributed by atoms with Crippen molar-refractivity contribution >= 4 is 5.91 Å². The van der Waals surface area contributed by atoms with Crippen molar-refractivity contribution < 1.29 is 4.79 Å². The first-order chi connectivity index (χ1) is 9.65. The van der Waals surface area contributed by atoms with Crippen molar-refractivity contribution in [3.05, 3.63) is 0 Å². The zero-order valence-electron chi connectivity index (χ0n) is 13.3. The maximum absolute atomic E-state index is 12.4. The molecule has 1 aliphatic carbocycles. The van der Waals surface area contributed by atoms with E-state index in [0.29, 0.717) is 18.1 Å². The smallest absolute Gasteiger partial charge is 0.237 e. The lowest BCUT2D eigenvalue weighted by molar-refractivity contribution is -0.127. The Morgan fingerprint density at radius 1 is 1.30 bits per heavy atom. The molecule has 1 aliphatic heterocycles. The molecule has 4 nitrogen and oxygen atoms in total. The highest BCUT2D eigenvalue weighted by molar-refractivity contribution is 5.81. The number of hydrogen-bond donors (Lipinski definition) is 2. The topological polar surface area (TPSA) is 44.4 Å². The number of rotatable bonds is 8. The summed E-state index contributed by atoms with van der Waals surface area (Å²) in [6, 6.07) is 1.56. The standard InChI is InChI=1S/C16H31N3O/c1-4-13(5-2)18-16(20)12(3)19(15-8-9-15)11-14-7-6-10-17-14/h12-15,17H,4-11H2,1-3H3,(H,18,20). The third-order valence-electron chi connectivity index (χ3n) is 4.82. The first-order valence-electron chi connectivity index (χ1n) is 8.45. The minimum Gasteiger partial charge on any atom is -0.352 e. The molecule has 0 spiro atoms. The van der Waals surface area contributed by atoms with Crippen LogP contribution in [0.5, 0.6) is 0 Å². The highest BCUT2D eigenvalue weighted by Gasteiger charge is 2.36. The molecule has 4 heteroatoms. The molecule has 1 saturated heterocycles. The highest BCUT2D eigenvalue weighted by atomic mass is 16.2. The number of carbonyl (C=O) groups excluding carboxylic acids is 1. The largest absolute Gasteiger partial charge is 0.352 e. The minimum atomic E-state index is 0.00509. The molecule has 2 atom stereocenters. The van der Waals surface area contributed by atoms with E-state index in [-0.39, 0.29) is 11.9 Å². The average molecular weight is 281 g/mol. The molecule has 0 aromatic heterocycles. The van der Waals surface area contributed by atoms with E-state index >= 15 is 0 Å². The lowest BCUT2D eigenvalue weighted by Gasteiger charge is -2.31. The van der Waals surface area contributed by atoms with E-state index in [1.807, 2.05) is 0 Å². The molecule has 2 aliphatic rings. The van der Waals surface area contributed by atoms with Crippen molar-refractivity contribution in [3.63, 3.8) is 0 Å². The van der Waals surface area contributed by atoms with Gasteiger partial charge in [0.25, 0.3) is 0 Å². The molecule has 0 bridgehead atoms. The Morgan fingerprint density at radius 3 is 2.50 bits per heavy atom. The predicted octanol–water partition coefficient (Wildman–Crippen LogP) is 1.90. The van der Waals surface area contributed by atoms with E-state index in [1.165, 1.54) is 25.7 Å². The molecule has 2 unspecified atom stereocenters. The summed E-state index contributed by atoms with van der Waals surface area (Å²) in [6.07, 6.45) is 7.08. The van der Waals surface area contributed by atoms with Crippen LogP contribution in [0.1, 0.15) is 59.3 Å². The zero-order valence-corrected chi connectivity index (χ0v) is 13.3.